The molecule has 0 aliphatic carbocycles. The van der Waals surface area contributed by atoms with Gasteiger partial charge < -0.3 is 20.3 Å². The zero-order valence-electron chi connectivity index (χ0n) is 15.4. The standard InChI is InChI=1S/C18H29N5O2/c1-4-20-18(22-13-15-5-8-21-17(12-15)25-3)23-9-6-14(7-10-23)11-16(24)19-2/h5,8,12,14H,4,6-7,9-11,13H2,1-3H3,(H,19,24)(H,20,22). The number of amides is 1. The number of ether oxygens (including phenoxy) is 1. The average Bonchev–Trinajstić information content (AvgIpc) is 2.66. The van der Waals surface area contributed by atoms with Gasteiger partial charge in [0.05, 0.1) is 13.7 Å². The summed E-state index contributed by atoms with van der Waals surface area (Å²) in [5.74, 6) is 2.12. The molecule has 0 radical (unpaired) electrons. The molecule has 1 saturated heterocycles. The molecule has 0 unspecified atom stereocenters. The third kappa shape index (κ3) is 5.92. The lowest BCUT2D eigenvalue weighted by Crippen LogP contribution is -2.46. The Hall–Kier alpha value is -2.31. The van der Waals surface area contributed by atoms with E-state index < -0.39 is 0 Å². The fraction of sp³-hybridized carbons (Fsp3) is 0.611. The predicted molar refractivity (Wildman–Crippen MR) is 98.6 cm³/mol. The highest BCUT2D eigenvalue weighted by Crippen LogP contribution is 2.20. The van der Waals surface area contributed by atoms with Gasteiger partial charge in [-0.3, -0.25) is 4.79 Å². The van der Waals surface area contributed by atoms with E-state index in [1.165, 1.54) is 0 Å². The number of likely N-dealkylation sites (tertiary alicyclic amines) is 1. The minimum atomic E-state index is 0.130. The van der Waals surface area contributed by atoms with Crippen LogP contribution in [0.4, 0.5) is 0 Å². The molecule has 0 spiro atoms. The monoisotopic (exact) mass is 347 g/mol. The van der Waals surface area contributed by atoms with Gasteiger partial charge in [0.25, 0.3) is 0 Å². The molecule has 1 aromatic heterocycles. The molecule has 2 N–H and O–H groups in total. The van der Waals surface area contributed by atoms with Crippen molar-refractivity contribution in [2.45, 2.75) is 32.7 Å². The van der Waals surface area contributed by atoms with Crippen molar-refractivity contribution >= 4 is 11.9 Å². The van der Waals surface area contributed by atoms with E-state index in [2.05, 4.69) is 27.4 Å². The summed E-state index contributed by atoms with van der Waals surface area (Å²) in [6.07, 6.45) is 4.39. The zero-order valence-corrected chi connectivity index (χ0v) is 15.4. The van der Waals surface area contributed by atoms with Gasteiger partial charge in [-0.2, -0.15) is 0 Å². The summed E-state index contributed by atoms with van der Waals surface area (Å²) in [6.45, 7) is 5.33. The lowest BCUT2D eigenvalue weighted by atomic mass is 9.93. The normalized spacial score (nSPS) is 15.8. The van der Waals surface area contributed by atoms with Crippen LogP contribution in [0.2, 0.25) is 0 Å². The van der Waals surface area contributed by atoms with Crippen LogP contribution in [0.1, 0.15) is 31.7 Å². The van der Waals surface area contributed by atoms with Crippen LogP contribution in [0.15, 0.2) is 23.3 Å². The number of pyridine rings is 1. The summed E-state index contributed by atoms with van der Waals surface area (Å²) in [6, 6.07) is 3.86. The maximum atomic E-state index is 11.5. The number of carbonyl (C=O) groups excluding carboxylic acids is 1. The van der Waals surface area contributed by atoms with Crippen LogP contribution in [0.5, 0.6) is 5.88 Å². The third-order valence-electron chi connectivity index (χ3n) is 4.42. The molecule has 1 aromatic rings. The molecule has 2 heterocycles. The fourth-order valence-corrected chi connectivity index (χ4v) is 2.97. The molecule has 1 amide bonds. The second-order valence-corrected chi connectivity index (χ2v) is 6.18. The topological polar surface area (TPSA) is 78.9 Å². The van der Waals surface area contributed by atoms with Gasteiger partial charge in [-0.05, 0) is 37.3 Å². The van der Waals surface area contributed by atoms with Crippen molar-refractivity contribution in [1.29, 1.82) is 0 Å². The molecule has 7 heteroatoms. The Morgan fingerprint density at radius 3 is 2.84 bits per heavy atom. The Kier molecular flexibility index (Phi) is 7.50. The summed E-state index contributed by atoms with van der Waals surface area (Å²) in [4.78, 5) is 22.7. The molecule has 7 nitrogen and oxygen atoms in total. The molecule has 1 aliphatic heterocycles. The van der Waals surface area contributed by atoms with E-state index in [9.17, 15) is 4.79 Å². The first-order chi connectivity index (χ1) is 12.2. The van der Waals surface area contributed by atoms with Gasteiger partial charge in [0.1, 0.15) is 0 Å². The van der Waals surface area contributed by atoms with Crippen molar-refractivity contribution in [2.24, 2.45) is 10.9 Å². The zero-order chi connectivity index (χ0) is 18.1. The number of piperidine rings is 1. The Labute approximate surface area is 149 Å². The van der Waals surface area contributed by atoms with E-state index in [1.807, 2.05) is 12.1 Å². The second kappa shape index (κ2) is 9.86. The van der Waals surface area contributed by atoms with Gasteiger partial charge in [-0.15, -0.1) is 0 Å². The molecule has 0 aromatic carbocycles. The first-order valence-corrected chi connectivity index (χ1v) is 8.89. The summed E-state index contributed by atoms with van der Waals surface area (Å²) >= 11 is 0. The van der Waals surface area contributed by atoms with E-state index >= 15 is 0 Å². The van der Waals surface area contributed by atoms with Crippen molar-refractivity contribution in [3.63, 3.8) is 0 Å². The van der Waals surface area contributed by atoms with Crippen molar-refractivity contribution < 1.29 is 9.53 Å². The molecular formula is C18H29N5O2. The van der Waals surface area contributed by atoms with E-state index in [0.717, 1.165) is 44.0 Å². The molecule has 0 saturated carbocycles. The highest BCUT2D eigenvalue weighted by molar-refractivity contribution is 5.80. The lowest BCUT2D eigenvalue weighted by molar-refractivity contribution is -0.121. The number of aromatic nitrogens is 1. The van der Waals surface area contributed by atoms with Crippen LogP contribution in [0.25, 0.3) is 0 Å². The summed E-state index contributed by atoms with van der Waals surface area (Å²) < 4.78 is 5.16. The van der Waals surface area contributed by atoms with Crippen LogP contribution in [-0.4, -0.2) is 55.5 Å². The molecule has 138 valence electrons. The van der Waals surface area contributed by atoms with E-state index in [0.29, 0.717) is 24.8 Å². The van der Waals surface area contributed by atoms with Crippen LogP contribution < -0.4 is 15.4 Å². The molecule has 25 heavy (non-hydrogen) atoms. The molecule has 0 atom stereocenters. The number of aliphatic imine (C=N–C) groups is 1. The Bertz CT molecular complexity index is 583. The number of carbonyl (C=O) groups is 1. The van der Waals surface area contributed by atoms with Gasteiger partial charge in [-0.25, -0.2) is 9.98 Å². The summed E-state index contributed by atoms with van der Waals surface area (Å²) in [5.41, 5.74) is 1.07. The first-order valence-electron chi connectivity index (χ1n) is 8.89. The smallest absolute Gasteiger partial charge is 0.220 e. The number of guanidine groups is 1. The number of methoxy groups -OCH3 is 1. The van der Waals surface area contributed by atoms with E-state index in [1.54, 1.807) is 20.4 Å². The number of hydrogen-bond acceptors (Lipinski definition) is 4. The highest BCUT2D eigenvalue weighted by Gasteiger charge is 2.23. The SMILES string of the molecule is CCNC(=NCc1ccnc(OC)c1)N1CCC(CC(=O)NC)CC1. The maximum absolute atomic E-state index is 11.5. The number of nitrogens with zero attached hydrogens (tertiary/aromatic N) is 3. The lowest BCUT2D eigenvalue weighted by Gasteiger charge is -2.34. The number of nitrogens with one attached hydrogen (secondary N) is 2. The van der Waals surface area contributed by atoms with Crippen LogP contribution in [0.3, 0.4) is 0 Å². The Morgan fingerprint density at radius 2 is 2.20 bits per heavy atom. The molecule has 1 aliphatic rings. The van der Waals surface area contributed by atoms with Gasteiger partial charge >= 0.3 is 0 Å². The number of rotatable bonds is 6. The minimum Gasteiger partial charge on any atom is -0.481 e. The molecule has 2 rings (SSSR count). The second-order valence-electron chi connectivity index (χ2n) is 6.18. The van der Waals surface area contributed by atoms with Crippen LogP contribution in [-0.2, 0) is 11.3 Å². The fourth-order valence-electron chi connectivity index (χ4n) is 2.97. The molecule has 1 fully saturated rings. The molecular weight excluding hydrogens is 318 g/mol. The highest BCUT2D eigenvalue weighted by atomic mass is 16.5. The predicted octanol–water partition coefficient (Wildman–Crippen LogP) is 1.40. The average molecular weight is 347 g/mol. The summed E-state index contributed by atoms with van der Waals surface area (Å²) in [7, 11) is 3.31. The van der Waals surface area contributed by atoms with Gasteiger partial charge in [0.2, 0.25) is 11.8 Å². The van der Waals surface area contributed by atoms with Crippen molar-refractivity contribution in [1.82, 2.24) is 20.5 Å². The van der Waals surface area contributed by atoms with Gasteiger partial charge in [-0.1, -0.05) is 0 Å². The van der Waals surface area contributed by atoms with E-state index in [-0.39, 0.29) is 5.91 Å². The van der Waals surface area contributed by atoms with Gasteiger partial charge in [0.15, 0.2) is 5.96 Å². The van der Waals surface area contributed by atoms with E-state index in [4.69, 9.17) is 9.73 Å². The number of hydrogen-bond donors (Lipinski definition) is 2. The Balaban J connectivity index is 1.94. The molecule has 0 bridgehead atoms. The summed E-state index contributed by atoms with van der Waals surface area (Å²) in [5, 5.41) is 6.08. The maximum Gasteiger partial charge on any atom is 0.220 e. The largest absolute Gasteiger partial charge is 0.481 e. The van der Waals surface area contributed by atoms with Crippen LogP contribution in [0, 0.1) is 5.92 Å². The first kappa shape index (κ1) is 19.0. The third-order valence-corrected chi connectivity index (χ3v) is 4.42. The Morgan fingerprint density at radius 1 is 1.44 bits per heavy atom. The van der Waals surface area contributed by atoms with Gasteiger partial charge in [0, 0.05) is 45.4 Å². The van der Waals surface area contributed by atoms with Crippen molar-refractivity contribution in [3.8, 4) is 5.88 Å². The van der Waals surface area contributed by atoms with Crippen LogP contribution >= 0.6 is 0 Å². The minimum absolute atomic E-state index is 0.130. The quantitative estimate of drug-likeness (QED) is 0.601. The van der Waals surface area contributed by atoms with Crippen molar-refractivity contribution in [2.75, 3.05) is 33.8 Å². The van der Waals surface area contributed by atoms with Crippen molar-refractivity contribution in [3.05, 3.63) is 23.9 Å².